The molecule has 0 unspecified atom stereocenters. The Morgan fingerprint density at radius 1 is 1.16 bits per heavy atom. The Morgan fingerprint density at radius 3 is 2.58 bits per heavy atom. The highest BCUT2D eigenvalue weighted by Crippen LogP contribution is 2.42. The SMILES string of the molecule is Cc1cc(Nc2cc(C)[nH]n2)nc(C2CCC(C)(C(=O)N[C@@H](C)c3ccc(-n4cc(F)cn4)nc3)CC2)n1. The van der Waals surface area contributed by atoms with E-state index in [1.54, 1.807) is 12.3 Å². The van der Waals surface area contributed by atoms with Gasteiger partial charge in [0.1, 0.15) is 11.6 Å². The second-order valence-electron chi connectivity index (χ2n) is 10.4. The molecule has 0 bridgehead atoms. The first-order valence-corrected chi connectivity index (χ1v) is 12.8. The Kier molecular flexibility index (Phi) is 6.92. The van der Waals surface area contributed by atoms with Gasteiger partial charge < -0.3 is 10.6 Å². The molecule has 1 aliphatic rings. The summed E-state index contributed by atoms with van der Waals surface area (Å²) in [6, 6.07) is 7.25. The van der Waals surface area contributed by atoms with E-state index in [4.69, 9.17) is 9.97 Å². The lowest BCUT2D eigenvalue weighted by molar-refractivity contribution is -0.132. The highest BCUT2D eigenvalue weighted by molar-refractivity contribution is 5.82. The summed E-state index contributed by atoms with van der Waals surface area (Å²) in [5, 5.41) is 17.5. The van der Waals surface area contributed by atoms with Crippen LogP contribution in [0, 0.1) is 25.1 Å². The molecule has 4 aromatic rings. The molecule has 4 aromatic heterocycles. The monoisotopic (exact) mass is 517 g/mol. The number of hydrogen-bond donors (Lipinski definition) is 3. The number of H-pyrrole nitrogens is 1. The van der Waals surface area contributed by atoms with Crippen molar-refractivity contribution in [2.45, 2.75) is 65.3 Å². The van der Waals surface area contributed by atoms with Crippen LogP contribution in [0.15, 0.2) is 42.9 Å². The van der Waals surface area contributed by atoms with Gasteiger partial charge in [0, 0.05) is 41.1 Å². The zero-order valence-corrected chi connectivity index (χ0v) is 22.0. The maximum atomic E-state index is 13.3. The molecule has 1 amide bonds. The van der Waals surface area contributed by atoms with Crippen LogP contribution in [0.4, 0.5) is 16.0 Å². The first-order valence-electron chi connectivity index (χ1n) is 12.8. The van der Waals surface area contributed by atoms with Gasteiger partial charge >= 0.3 is 0 Å². The van der Waals surface area contributed by atoms with Gasteiger partial charge in [-0.15, -0.1) is 0 Å². The van der Waals surface area contributed by atoms with Gasteiger partial charge in [-0.2, -0.15) is 10.2 Å². The standard InChI is InChI=1S/C27H32FN9O/c1-16-11-22(33-23-12-17(2)35-36-23)34-25(31-16)19-7-9-27(4,10-8-19)26(38)32-18(3)20-5-6-24(29-13-20)37-15-21(28)14-30-37/h5-6,11-15,18-19H,7-10H2,1-4H3,(H,32,38)(H2,31,33,34,35,36)/t18-,19?,27?/m0/s1. The molecular weight excluding hydrogens is 485 g/mol. The molecule has 3 N–H and O–H groups in total. The second kappa shape index (κ2) is 10.3. The van der Waals surface area contributed by atoms with Gasteiger partial charge in [-0.3, -0.25) is 9.89 Å². The third-order valence-electron chi connectivity index (χ3n) is 7.24. The molecule has 38 heavy (non-hydrogen) atoms. The summed E-state index contributed by atoms with van der Waals surface area (Å²) >= 11 is 0. The lowest BCUT2D eigenvalue weighted by atomic mass is 9.70. The minimum Gasteiger partial charge on any atom is -0.349 e. The molecule has 10 nitrogen and oxygen atoms in total. The van der Waals surface area contributed by atoms with Crippen molar-refractivity contribution >= 4 is 17.5 Å². The van der Waals surface area contributed by atoms with Crippen molar-refractivity contribution in [3.63, 3.8) is 0 Å². The zero-order valence-electron chi connectivity index (χ0n) is 22.0. The number of anilines is 2. The first kappa shape index (κ1) is 25.5. The second-order valence-corrected chi connectivity index (χ2v) is 10.4. The largest absolute Gasteiger partial charge is 0.349 e. The molecule has 1 aliphatic carbocycles. The number of carbonyl (C=O) groups excluding carboxylic acids is 1. The average Bonchev–Trinajstić information content (AvgIpc) is 3.51. The third-order valence-corrected chi connectivity index (χ3v) is 7.24. The van der Waals surface area contributed by atoms with Gasteiger partial charge in [0.15, 0.2) is 17.5 Å². The van der Waals surface area contributed by atoms with Gasteiger partial charge in [-0.25, -0.2) is 24.0 Å². The van der Waals surface area contributed by atoms with Crippen LogP contribution in [-0.2, 0) is 4.79 Å². The number of nitrogens with zero attached hydrogens (tertiary/aromatic N) is 6. The van der Waals surface area contributed by atoms with Crippen LogP contribution >= 0.6 is 0 Å². The van der Waals surface area contributed by atoms with Gasteiger partial charge in [0.25, 0.3) is 0 Å². The van der Waals surface area contributed by atoms with Crippen LogP contribution in [-0.4, -0.2) is 40.8 Å². The number of aromatic amines is 1. The lowest BCUT2D eigenvalue weighted by Crippen LogP contribution is -2.42. The Labute approximate surface area is 220 Å². The molecule has 1 atom stereocenters. The third kappa shape index (κ3) is 5.56. The fraction of sp³-hybridized carbons (Fsp3) is 0.407. The number of carbonyl (C=O) groups is 1. The maximum absolute atomic E-state index is 13.3. The maximum Gasteiger partial charge on any atom is 0.226 e. The molecule has 5 rings (SSSR count). The minimum absolute atomic E-state index is 0.0306. The highest BCUT2D eigenvalue weighted by Gasteiger charge is 2.39. The number of hydrogen-bond acceptors (Lipinski definition) is 7. The summed E-state index contributed by atoms with van der Waals surface area (Å²) < 4.78 is 14.6. The number of pyridine rings is 1. The first-order chi connectivity index (χ1) is 18.2. The Hall–Kier alpha value is -4.15. The number of halogens is 1. The quantitative estimate of drug-likeness (QED) is 0.321. The van der Waals surface area contributed by atoms with E-state index in [9.17, 15) is 9.18 Å². The van der Waals surface area contributed by atoms with Crippen molar-refractivity contribution in [2.75, 3.05) is 5.32 Å². The van der Waals surface area contributed by atoms with Crippen LogP contribution in [0.2, 0.25) is 0 Å². The van der Waals surface area contributed by atoms with E-state index in [2.05, 4.69) is 30.9 Å². The van der Waals surface area contributed by atoms with Crippen molar-refractivity contribution in [3.05, 3.63) is 71.4 Å². The van der Waals surface area contributed by atoms with E-state index >= 15 is 0 Å². The summed E-state index contributed by atoms with van der Waals surface area (Å²) in [6.07, 6.45) is 7.25. The molecule has 4 heterocycles. The molecular formula is C27H32FN9O. The molecule has 1 saturated carbocycles. The predicted octanol–water partition coefficient (Wildman–Crippen LogP) is 4.82. The van der Waals surface area contributed by atoms with E-state index in [0.717, 1.165) is 60.5 Å². The number of amides is 1. The van der Waals surface area contributed by atoms with Crippen LogP contribution in [0.5, 0.6) is 0 Å². The number of aryl methyl sites for hydroxylation is 2. The molecule has 11 heteroatoms. The fourth-order valence-electron chi connectivity index (χ4n) is 4.86. The fourth-order valence-corrected chi connectivity index (χ4v) is 4.86. The summed E-state index contributed by atoms with van der Waals surface area (Å²) in [7, 11) is 0. The molecule has 1 fully saturated rings. The molecule has 0 aromatic carbocycles. The van der Waals surface area contributed by atoms with Gasteiger partial charge in [0.05, 0.1) is 18.4 Å². The Morgan fingerprint density at radius 2 is 1.95 bits per heavy atom. The summed E-state index contributed by atoms with van der Waals surface area (Å²) in [4.78, 5) is 27.1. The predicted molar refractivity (Wildman–Crippen MR) is 141 cm³/mol. The van der Waals surface area contributed by atoms with E-state index in [-0.39, 0.29) is 17.9 Å². The van der Waals surface area contributed by atoms with Gasteiger partial charge in [0.2, 0.25) is 5.91 Å². The Balaban J connectivity index is 1.19. The molecule has 0 spiro atoms. The van der Waals surface area contributed by atoms with Crippen LogP contribution < -0.4 is 10.6 Å². The number of aromatic nitrogens is 7. The molecule has 198 valence electrons. The van der Waals surface area contributed by atoms with E-state index in [0.29, 0.717) is 11.6 Å². The van der Waals surface area contributed by atoms with Crippen molar-refractivity contribution in [1.82, 2.24) is 40.2 Å². The smallest absolute Gasteiger partial charge is 0.226 e. The number of rotatable bonds is 7. The van der Waals surface area contributed by atoms with Crippen LogP contribution in [0.25, 0.3) is 5.82 Å². The average molecular weight is 518 g/mol. The normalized spacial score (nSPS) is 20.2. The van der Waals surface area contributed by atoms with E-state index < -0.39 is 11.2 Å². The van der Waals surface area contributed by atoms with Gasteiger partial charge in [-0.05, 0) is 58.1 Å². The molecule has 0 saturated heterocycles. The summed E-state index contributed by atoms with van der Waals surface area (Å²) in [5.41, 5.74) is 2.26. The number of nitrogens with one attached hydrogen (secondary N) is 3. The lowest BCUT2D eigenvalue weighted by Gasteiger charge is -2.36. The van der Waals surface area contributed by atoms with E-state index in [1.807, 2.05) is 45.9 Å². The van der Waals surface area contributed by atoms with E-state index in [1.165, 1.54) is 10.9 Å². The topological polar surface area (TPSA) is 126 Å². The van der Waals surface area contributed by atoms with Crippen molar-refractivity contribution < 1.29 is 9.18 Å². The van der Waals surface area contributed by atoms with Crippen molar-refractivity contribution in [2.24, 2.45) is 5.41 Å². The summed E-state index contributed by atoms with van der Waals surface area (Å²) in [6.45, 7) is 7.88. The molecule has 0 radical (unpaired) electrons. The Bertz CT molecular complexity index is 1420. The van der Waals surface area contributed by atoms with Crippen molar-refractivity contribution in [1.29, 1.82) is 0 Å². The zero-order chi connectivity index (χ0) is 26.9. The summed E-state index contributed by atoms with van der Waals surface area (Å²) in [5.74, 6) is 2.55. The van der Waals surface area contributed by atoms with Gasteiger partial charge in [-0.1, -0.05) is 13.0 Å². The molecule has 0 aliphatic heterocycles. The van der Waals surface area contributed by atoms with Crippen molar-refractivity contribution in [3.8, 4) is 5.82 Å². The minimum atomic E-state index is -0.470. The van der Waals surface area contributed by atoms with Crippen LogP contribution in [0.1, 0.15) is 74.3 Å². The highest BCUT2D eigenvalue weighted by atomic mass is 19.1. The van der Waals surface area contributed by atoms with Crippen LogP contribution in [0.3, 0.4) is 0 Å².